The molecule has 1 heterocycles. The van der Waals surface area contributed by atoms with E-state index in [1.165, 1.54) is 0 Å². The molecule has 0 saturated carbocycles. The molecule has 0 aliphatic heterocycles. The molecule has 2 aromatic rings. The van der Waals surface area contributed by atoms with Gasteiger partial charge in [-0.15, -0.1) is 5.10 Å². The molecule has 1 aromatic heterocycles. The number of alkyl halides is 1. The highest BCUT2D eigenvalue weighted by atomic mass is 79.9. The molecule has 0 aliphatic rings. The molecular weight excluding hydrogens is 298 g/mol. The SMILES string of the molecule is COc1ccc(OCc2cn(C)nn2)c(CBr)c1. The summed E-state index contributed by atoms with van der Waals surface area (Å²) >= 11 is 3.43. The molecule has 1 aromatic carbocycles. The van der Waals surface area contributed by atoms with Crippen molar-refractivity contribution in [3.05, 3.63) is 35.7 Å². The van der Waals surface area contributed by atoms with Gasteiger partial charge in [0.1, 0.15) is 23.8 Å². The van der Waals surface area contributed by atoms with E-state index >= 15 is 0 Å². The highest BCUT2D eigenvalue weighted by molar-refractivity contribution is 9.08. The molecular formula is C12H14BrN3O2. The Bertz CT molecular complexity index is 528. The fourth-order valence-electron chi connectivity index (χ4n) is 1.54. The van der Waals surface area contributed by atoms with Crippen LogP contribution in [0.3, 0.4) is 0 Å². The van der Waals surface area contributed by atoms with E-state index in [2.05, 4.69) is 26.2 Å². The minimum absolute atomic E-state index is 0.403. The van der Waals surface area contributed by atoms with Crippen LogP contribution in [0.5, 0.6) is 11.5 Å². The van der Waals surface area contributed by atoms with Crippen molar-refractivity contribution in [2.75, 3.05) is 7.11 Å². The topological polar surface area (TPSA) is 49.2 Å². The number of benzene rings is 1. The number of halogens is 1. The second kappa shape index (κ2) is 5.86. The highest BCUT2D eigenvalue weighted by Crippen LogP contribution is 2.26. The first kappa shape index (κ1) is 12.9. The largest absolute Gasteiger partial charge is 0.497 e. The van der Waals surface area contributed by atoms with Crippen LogP contribution < -0.4 is 9.47 Å². The van der Waals surface area contributed by atoms with Crippen LogP contribution in [0, 0.1) is 0 Å². The first-order chi connectivity index (χ1) is 8.72. The van der Waals surface area contributed by atoms with E-state index in [0.717, 1.165) is 22.8 Å². The Labute approximate surface area is 114 Å². The van der Waals surface area contributed by atoms with Crippen LogP contribution >= 0.6 is 15.9 Å². The van der Waals surface area contributed by atoms with Crippen LogP contribution in [0.4, 0.5) is 0 Å². The van der Waals surface area contributed by atoms with Crippen molar-refractivity contribution in [1.29, 1.82) is 0 Å². The third-order valence-electron chi connectivity index (χ3n) is 2.44. The molecule has 0 bridgehead atoms. The summed E-state index contributed by atoms with van der Waals surface area (Å²) in [5, 5.41) is 8.54. The second-order valence-electron chi connectivity index (χ2n) is 3.78. The van der Waals surface area contributed by atoms with Gasteiger partial charge in [-0.1, -0.05) is 21.1 Å². The maximum Gasteiger partial charge on any atom is 0.134 e. The second-order valence-corrected chi connectivity index (χ2v) is 4.34. The minimum Gasteiger partial charge on any atom is -0.497 e. The summed E-state index contributed by atoms with van der Waals surface area (Å²) in [6.45, 7) is 0.403. The van der Waals surface area contributed by atoms with Crippen molar-refractivity contribution >= 4 is 15.9 Å². The highest BCUT2D eigenvalue weighted by Gasteiger charge is 2.06. The number of hydrogen-bond acceptors (Lipinski definition) is 4. The Balaban J connectivity index is 2.08. The van der Waals surface area contributed by atoms with E-state index in [9.17, 15) is 0 Å². The number of aryl methyl sites for hydroxylation is 1. The summed E-state index contributed by atoms with van der Waals surface area (Å²) in [5.74, 6) is 1.63. The maximum atomic E-state index is 5.73. The van der Waals surface area contributed by atoms with E-state index in [1.54, 1.807) is 11.8 Å². The van der Waals surface area contributed by atoms with Crippen LogP contribution in [0.2, 0.25) is 0 Å². The molecule has 0 radical (unpaired) electrons. The fourth-order valence-corrected chi connectivity index (χ4v) is 1.98. The summed E-state index contributed by atoms with van der Waals surface area (Å²) < 4.78 is 12.6. The van der Waals surface area contributed by atoms with Crippen molar-refractivity contribution in [2.45, 2.75) is 11.9 Å². The van der Waals surface area contributed by atoms with E-state index in [1.807, 2.05) is 31.4 Å². The lowest BCUT2D eigenvalue weighted by atomic mass is 10.2. The molecule has 0 saturated heterocycles. The molecule has 0 fully saturated rings. The maximum absolute atomic E-state index is 5.73. The average molecular weight is 312 g/mol. The van der Waals surface area contributed by atoms with Crippen molar-refractivity contribution in [2.24, 2.45) is 7.05 Å². The van der Waals surface area contributed by atoms with Crippen molar-refractivity contribution in [3.63, 3.8) is 0 Å². The van der Waals surface area contributed by atoms with E-state index in [0.29, 0.717) is 11.9 Å². The molecule has 18 heavy (non-hydrogen) atoms. The summed E-state index contributed by atoms with van der Waals surface area (Å²) in [5.41, 5.74) is 1.84. The average Bonchev–Trinajstić information content (AvgIpc) is 2.82. The zero-order valence-corrected chi connectivity index (χ0v) is 11.8. The predicted octanol–water partition coefficient (Wildman–Crippen LogP) is 2.30. The van der Waals surface area contributed by atoms with E-state index in [-0.39, 0.29) is 0 Å². The molecule has 0 N–H and O–H groups in total. The van der Waals surface area contributed by atoms with Crippen LogP contribution in [0.1, 0.15) is 11.3 Å². The third-order valence-corrected chi connectivity index (χ3v) is 3.04. The van der Waals surface area contributed by atoms with E-state index < -0.39 is 0 Å². The Morgan fingerprint density at radius 2 is 2.22 bits per heavy atom. The molecule has 0 unspecified atom stereocenters. The van der Waals surface area contributed by atoms with Gasteiger partial charge in [0.2, 0.25) is 0 Å². The zero-order valence-electron chi connectivity index (χ0n) is 10.3. The lowest BCUT2D eigenvalue weighted by Gasteiger charge is -2.10. The zero-order chi connectivity index (χ0) is 13.0. The third kappa shape index (κ3) is 3.01. The van der Waals surface area contributed by atoms with Gasteiger partial charge in [-0.05, 0) is 18.2 Å². The molecule has 2 rings (SSSR count). The number of methoxy groups -OCH3 is 1. The first-order valence-corrected chi connectivity index (χ1v) is 6.56. The molecule has 0 aliphatic carbocycles. The van der Waals surface area contributed by atoms with Crippen molar-refractivity contribution < 1.29 is 9.47 Å². The predicted molar refractivity (Wildman–Crippen MR) is 71.0 cm³/mol. The number of aromatic nitrogens is 3. The number of hydrogen-bond donors (Lipinski definition) is 0. The van der Waals surface area contributed by atoms with Crippen molar-refractivity contribution in [1.82, 2.24) is 15.0 Å². The summed E-state index contributed by atoms with van der Waals surface area (Å²) in [7, 11) is 3.47. The molecule has 6 heteroatoms. The number of rotatable bonds is 5. The van der Waals surface area contributed by atoms with Crippen LogP contribution in [-0.4, -0.2) is 22.1 Å². The fraction of sp³-hybridized carbons (Fsp3) is 0.333. The van der Waals surface area contributed by atoms with Crippen LogP contribution in [0.15, 0.2) is 24.4 Å². The molecule has 0 atom stereocenters. The minimum atomic E-state index is 0.403. The Morgan fingerprint density at radius 3 is 2.83 bits per heavy atom. The quantitative estimate of drug-likeness (QED) is 0.795. The van der Waals surface area contributed by atoms with Gasteiger partial charge in [-0.3, -0.25) is 4.68 Å². The van der Waals surface area contributed by atoms with Gasteiger partial charge in [0, 0.05) is 17.9 Å². The van der Waals surface area contributed by atoms with Crippen molar-refractivity contribution in [3.8, 4) is 11.5 Å². The smallest absolute Gasteiger partial charge is 0.134 e. The van der Waals surface area contributed by atoms with Crippen LogP contribution in [-0.2, 0) is 19.0 Å². The standard InChI is InChI=1S/C12H14BrN3O2/c1-16-7-10(14-15-16)8-18-12-4-3-11(17-2)5-9(12)6-13/h3-5,7H,6,8H2,1-2H3. The molecule has 0 spiro atoms. The lowest BCUT2D eigenvalue weighted by Crippen LogP contribution is -1.98. The van der Waals surface area contributed by atoms with Gasteiger partial charge >= 0.3 is 0 Å². The lowest BCUT2D eigenvalue weighted by molar-refractivity contribution is 0.298. The Kier molecular flexibility index (Phi) is 4.19. The Hall–Kier alpha value is -1.56. The van der Waals surface area contributed by atoms with Gasteiger partial charge in [0.05, 0.1) is 13.3 Å². The van der Waals surface area contributed by atoms with Crippen LogP contribution in [0.25, 0.3) is 0 Å². The van der Waals surface area contributed by atoms with Gasteiger partial charge in [-0.2, -0.15) is 0 Å². The number of nitrogens with zero attached hydrogens (tertiary/aromatic N) is 3. The monoisotopic (exact) mass is 311 g/mol. The van der Waals surface area contributed by atoms with Gasteiger partial charge < -0.3 is 9.47 Å². The molecule has 5 nitrogen and oxygen atoms in total. The van der Waals surface area contributed by atoms with E-state index in [4.69, 9.17) is 9.47 Å². The Morgan fingerprint density at radius 1 is 1.39 bits per heavy atom. The summed E-state index contributed by atoms with van der Waals surface area (Å²) in [4.78, 5) is 0. The van der Waals surface area contributed by atoms with Gasteiger partial charge in [0.25, 0.3) is 0 Å². The number of ether oxygens (including phenoxy) is 2. The molecule has 96 valence electrons. The normalized spacial score (nSPS) is 10.4. The summed E-state index contributed by atoms with van der Waals surface area (Å²) in [6, 6.07) is 5.71. The van der Waals surface area contributed by atoms with Gasteiger partial charge in [-0.25, -0.2) is 0 Å². The first-order valence-electron chi connectivity index (χ1n) is 5.44. The summed E-state index contributed by atoms with van der Waals surface area (Å²) in [6.07, 6.45) is 1.83. The van der Waals surface area contributed by atoms with Gasteiger partial charge in [0.15, 0.2) is 0 Å². The molecule has 0 amide bonds.